The number of nitrogens with one attached hydrogen (secondary N) is 3. The normalized spacial score (nSPS) is 15.8. The molecule has 3 N–H and O–H groups in total. The second-order valence-corrected chi connectivity index (χ2v) is 7.83. The molecule has 2 aliphatic heterocycles. The minimum Gasteiger partial charge on any atom is -0.474 e. The first-order valence-corrected chi connectivity index (χ1v) is 10.2. The van der Waals surface area contributed by atoms with Crippen molar-refractivity contribution in [3.63, 3.8) is 0 Å². The fourth-order valence-corrected chi connectivity index (χ4v) is 4.29. The third kappa shape index (κ3) is 2.84. The molecule has 4 aromatic rings. The van der Waals surface area contributed by atoms with Gasteiger partial charge < -0.3 is 20.4 Å². The van der Waals surface area contributed by atoms with Gasteiger partial charge in [-0.05, 0) is 48.4 Å². The zero-order chi connectivity index (χ0) is 21.8. The van der Waals surface area contributed by atoms with Gasteiger partial charge >= 0.3 is 0 Å². The van der Waals surface area contributed by atoms with Crippen molar-refractivity contribution in [3.8, 4) is 17.0 Å². The number of aromatic amines is 1. The number of ether oxygens (including phenoxy) is 1. The predicted octanol–water partition coefficient (Wildman–Crippen LogP) is 4.37. The number of hydrogen-bond donors (Lipinski definition) is 3. The van der Waals surface area contributed by atoms with Crippen molar-refractivity contribution in [3.05, 3.63) is 65.5 Å². The molecular weight excluding hydrogens is 409 g/mol. The maximum Gasteiger partial charge on any atom is 0.256 e. The molecule has 6 rings (SSSR count). The van der Waals surface area contributed by atoms with Crippen molar-refractivity contribution in [2.45, 2.75) is 6.92 Å². The number of aromatic nitrogens is 3. The summed E-state index contributed by atoms with van der Waals surface area (Å²) in [5.41, 5.74) is 5.85. The van der Waals surface area contributed by atoms with Crippen LogP contribution in [0.5, 0.6) is 5.88 Å². The van der Waals surface area contributed by atoms with Crippen LogP contribution in [-0.2, 0) is 4.79 Å². The summed E-state index contributed by atoms with van der Waals surface area (Å²) >= 11 is 0. The van der Waals surface area contributed by atoms with E-state index in [1.165, 1.54) is 6.07 Å². The van der Waals surface area contributed by atoms with Gasteiger partial charge in [-0.2, -0.15) is 0 Å². The third-order valence-electron chi connectivity index (χ3n) is 5.87. The molecule has 0 fully saturated rings. The largest absolute Gasteiger partial charge is 0.474 e. The van der Waals surface area contributed by atoms with Crippen molar-refractivity contribution in [1.82, 2.24) is 15.0 Å². The number of halogens is 1. The highest BCUT2D eigenvalue weighted by atomic mass is 19.1. The summed E-state index contributed by atoms with van der Waals surface area (Å²) in [4.78, 5) is 24.4. The van der Waals surface area contributed by atoms with E-state index in [9.17, 15) is 4.79 Å². The van der Waals surface area contributed by atoms with Gasteiger partial charge in [-0.25, -0.2) is 9.37 Å². The molecule has 0 saturated heterocycles. The van der Waals surface area contributed by atoms with Crippen molar-refractivity contribution in [2.75, 3.05) is 23.8 Å². The summed E-state index contributed by atoms with van der Waals surface area (Å²) in [6.45, 7) is 3.18. The summed E-state index contributed by atoms with van der Waals surface area (Å²) in [6, 6.07) is 7.07. The third-order valence-corrected chi connectivity index (χ3v) is 5.87. The Morgan fingerprint density at radius 3 is 2.94 bits per heavy atom. The summed E-state index contributed by atoms with van der Waals surface area (Å²) in [6.07, 6.45) is 6.85. The fourth-order valence-electron chi connectivity index (χ4n) is 4.29. The van der Waals surface area contributed by atoms with Gasteiger partial charge in [0.15, 0.2) is 0 Å². The average Bonchev–Trinajstić information content (AvgIpc) is 3.35. The number of nitrogens with zero attached hydrogens (tertiary/aromatic N) is 2. The van der Waals surface area contributed by atoms with Gasteiger partial charge in [0.2, 0.25) is 5.88 Å². The Labute approximate surface area is 182 Å². The number of hydrogen-bond acceptors (Lipinski definition) is 5. The smallest absolute Gasteiger partial charge is 0.256 e. The lowest BCUT2D eigenvalue weighted by Gasteiger charge is -2.21. The molecule has 7 nitrogen and oxygen atoms in total. The van der Waals surface area contributed by atoms with E-state index in [1.54, 1.807) is 24.7 Å². The lowest BCUT2D eigenvalue weighted by atomic mass is 9.96. The zero-order valence-electron chi connectivity index (χ0n) is 17.1. The van der Waals surface area contributed by atoms with Crippen molar-refractivity contribution >= 4 is 39.8 Å². The number of carbonyl (C=O) groups is 1. The van der Waals surface area contributed by atoms with E-state index < -0.39 is 5.82 Å². The maximum absolute atomic E-state index is 15.0. The first kappa shape index (κ1) is 18.6. The summed E-state index contributed by atoms with van der Waals surface area (Å²) < 4.78 is 20.6. The molecule has 0 saturated carbocycles. The number of amides is 1. The predicted molar refractivity (Wildman–Crippen MR) is 121 cm³/mol. The summed E-state index contributed by atoms with van der Waals surface area (Å²) in [5, 5.41) is 6.94. The van der Waals surface area contributed by atoms with Gasteiger partial charge in [-0.3, -0.25) is 9.78 Å². The van der Waals surface area contributed by atoms with Gasteiger partial charge in [0.25, 0.3) is 5.91 Å². The number of H-pyrrole nitrogens is 1. The van der Waals surface area contributed by atoms with Crippen LogP contribution in [0.2, 0.25) is 0 Å². The van der Waals surface area contributed by atoms with Crippen molar-refractivity contribution in [2.24, 2.45) is 0 Å². The first-order valence-electron chi connectivity index (χ1n) is 10.2. The Balaban J connectivity index is 1.48. The molecule has 0 radical (unpaired) electrons. The zero-order valence-corrected chi connectivity index (χ0v) is 17.1. The molecule has 0 bridgehead atoms. The van der Waals surface area contributed by atoms with Gasteiger partial charge in [-0.1, -0.05) is 0 Å². The summed E-state index contributed by atoms with van der Waals surface area (Å²) in [7, 11) is 0. The van der Waals surface area contributed by atoms with Crippen LogP contribution in [0.25, 0.3) is 33.7 Å². The van der Waals surface area contributed by atoms with Crippen LogP contribution in [-0.4, -0.2) is 34.0 Å². The lowest BCUT2D eigenvalue weighted by Crippen LogP contribution is -2.20. The number of fused-ring (bicyclic) bond motifs is 3. The maximum atomic E-state index is 15.0. The van der Waals surface area contributed by atoms with Crippen LogP contribution in [0.15, 0.2) is 42.9 Å². The molecular formula is C24H18FN5O2. The molecule has 32 heavy (non-hydrogen) atoms. The minimum absolute atomic E-state index is 0.188. The van der Waals surface area contributed by atoms with E-state index in [0.29, 0.717) is 35.7 Å². The number of rotatable bonds is 2. The molecule has 0 spiro atoms. The Bertz CT molecular complexity index is 1420. The Kier molecular flexibility index (Phi) is 4.01. The van der Waals surface area contributed by atoms with E-state index >= 15 is 4.39 Å². The van der Waals surface area contributed by atoms with E-state index in [2.05, 4.69) is 25.6 Å². The Morgan fingerprint density at radius 2 is 2.06 bits per heavy atom. The van der Waals surface area contributed by atoms with Gasteiger partial charge in [0, 0.05) is 41.1 Å². The summed E-state index contributed by atoms with van der Waals surface area (Å²) in [5.74, 6) is -0.288. The molecule has 1 aromatic carbocycles. The van der Waals surface area contributed by atoms with Gasteiger partial charge in [-0.15, -0.1) is 0 Å². The quantitative estimate of drug-likeness (QED) is 0.413. The highest BCUT2D eigenvalue weighted by Crippen LogP contribution is 2.41. The number of carbonyl (C=O) groups excluding carboxylic acids is 1. The van der Waals surface area contributed by atoms with Crippen molar-refractivity contribution < 1.29 is 13.9 Å². The van der Waals surface area contributed by atoms with Crippen LogP contribution >= 0.6 is 0 Å². The van der Waals surface area contributed by atoms with Gasteiger partial charge in [0.05, 0.1) is 23.0 Å². The highest BCUT2D eigenvalue weighted by Gasteiger charge is 2.29. The van der Waals surface area contributed by atoms with Crippen LogP contribution in [0, 0.1) is 12.7 Å². The Hall–Kier alpha value is -4.20. The van der Waals surface area contributed by atoms with Crippen LogP contribution < -0.4 is 15.4 Å². The minimum atomic E-state index is -0.489. The molecule has 0 atom stereocenters. The molecule has 5 heterocycles. The topological polar surface area (TPSA) is 91.9 Å². The molecule has 0 aliphatic carbocycles. The molecule has 158 valence electrons. The molecule has 3 aromatic heterocycles. The first-order chi connectivity index (χ1) is 15.6. The van der Waals surface area contributed by atoms with Crippen molar-refractivity contribution in [1.29, 1.82) is 0 Å². The van der Waals surface area contributed by atoms with E-state index in [0.717, 1.165) is 33.4 Å². The second-order valence-electron chi connectivity index (χ2n) is 7.83. The SMILES string of the molecule is Cc1c(-c2cc(F)c3c(c2)/C(=C/c2cc4ccncc4[nH]2)C(=O)N3)cnc2c1NCCO2. The van der Waals surface area contributed by atoms with Crippen LogP contribution in [0.4, 0.5) is 15.8 Å². The van der Waals surface area contributed by atoms with Crippen LogP contribution in [0.1, 0.15) is 16.8 Å². The average molecular weight is 427 g/mol. The standard InChI is InChI=1S/C24H18FN5O2/c1-12-18(10-28-24-21(12)27-4-5-32-24)14-7-16-17(23(31)30-22(16)19(25)8-14)9-15-6-13-2-3-26-11-20(13)29-15/h2-3,6-11,27,29H,4-5H2,1H3,(H,30,31)/b17-9-. The second kappa shape index (κ2) is 6.91. The van der Waals surface area contributed by atoms with E-state index in [-0.39, 0.29) is 11.6 Å². The monoisotopic (exact) mass is 427 g/mol. The Morgan fingerprint density at radius 1 is 1.16 bits per heavy atom. The molecule has 0 unspecified atom stereocenters. The van der Waals surface area contributed by atoms with Crippen LogP contribution in [0.3, 0.4) is 0 Å². The molecule has 2 aliphatic rings. The lowest BCUT2D eigenvalue weighted by molar-refractivity contribution is -0.110. The highest BCUT2D eigenvalue weighted by molar-refractivity contribution is 6.35. The molecule has 8 heteroatoms. The van der Waals surface area contributed by atoms with Gasteiger partial charge in [0.1, 0.15) is 18.1 Å². The van der Waals surface area contributed by atoms with E-state index in [4.69, 9.17) is 4.74 Å². The van der Waals surface area contributed by atoms with E-state index in [1.807, 2.05) is 25.1 Å². The number of anilines is 2. The molecule has 1 amide bonds. The number of benzene rings is 1. The fraction of sp³-hybridized carbons (Fsp3) is 0.125. The number of pyridine rings is 2.